The minimum atomic E-state index is 0.708. The fourth-order valence-electron chi connectivity index (χ4n) is 18.5. The molecule has 7 nitrogen and oxygen atoms in total. The SMILES string of the molecule is c1ccc(-c2ccc(-n3c4ccccc4c4cc(-c5ccc6c(c5)c5ccccc5n6-c5ccc(-c6cc(-c7ccccc7)nc(-c7ccccc7)c6)cc5)ccc43)cc2)cc1.c1ccc(-c2ccc3c(c2)c2cc(-c4ccc5c(c4)c4ccccc4n5-c4ccccc4)ccc2n3-c2ccc(-c3cc(-c4ccccc4)nc(-c4ccccc4)n3)cc2)cc1. The fraction of sp³-hybridized carbons (Fsp3) is 0. The monoisotopic (exact) mass is 1580 g/mol. The van der Waals surface area contributed by atoms with Crippen LogP contribution in [0.5, 0.6) is 0 Å². The van der Waals surface area contributed by atoms with Crippen LogP contribution in [0.3, 0.4) is 0 Å². The molecular weight excluding hydrogens is 1500 g/mol. The van der Waals surface area contributed by atoms with Crippen molar-refractivity contribution in [3.63, 3.8) is 0 Å². The summed E-state index contributed by atoms with van der Waals surface area (Å²) in [6.07, 6.45) is 0. The average Bonchev–Trinajstić information content (AvgIpc) is 1.59. The van der Waals surface area contributed by atoms with Crippen LogP contribution in [-0.4, -0.2) is 33.2 Å². The molecule has 24 rings (SSSR count). The Balaban J connectivity index is 0.000000143. The molecule has 24 aromatic rings. The van der Waals surface area contributed by atoms with E-state index in [1.54, 1.807) is 0 Å². The Kier molecular flexibility index (Phi) is 18.1. The number of pyridine rings is 1. The molecule has 0 aliphatic heterocycles. The lowest BCUT2D eigenvalue weighted by molar-refractivity contribution is 1.17. The molecule has 580 valence electrons. The predicted molar refractivity (Wildman–Crippen MR) is 518 cm³/mol. The first kappa shape index (κ1) is 72.6. The third kappa shape index (κ3) is 13.2. The van der Waals surface area contributed by atoms with Gasteiger partial charge in [-0.05, 0) is 201 Å². The minimum Gasteiger partial charge on any atom is -0.309 e. The van der Waals surface area contributed by atoms with E-state index in [2.05, 4.69) is 449 Å². The van der Waals surface area contributed by atoms with Gasteiger partial charge in [-0.1, -0.05) is 322 Å². The van der Waals surface area contributed by atoms with Crippen LogP contribution in [0.15, 0.2) is 467 Å². The van der Waals surface area contributed by atoms with E-state index in [1.807, 2.05) is 36.4 Å². The molecular formula is C117H77N7. The molecule has 0 aliphatic rings. The highest BCUT2D eigenvalue weighted by Crippen LogP contribution is 2.44. The zero-order valence-corrected chi connectivity index (χ0v) is 67.6. The molecule has 0 spiro atoms. The average molecular weight is 1580 g/mol. The highest BCUT2D eigenvalue weighted by Gasteiger charge is 2.22. The van der Waals surface area contributed by atoms with E-state index in [1.165, 1.54) is 121 Å². The molecule has 18 aromatic carbocycles. The standard InChI is InChI=1S/C59H39N3.C58H38N4/c1-4-14-40(15-5-1)41-24-30-48(31-25-41)61-56-22-12-10-20-50(56)52-36-45(28-34-58(52)61)46-29-35-59-53(37-46)51-21-11-13-23-57(51)62(59)49-32-26-42(27-33-49)47-38-54(43-16-6-2-7-17-43)60-55(39-47)44-18-8-3-9-19-44;1-5-15-39(16-6-1)43-27-32-56-50(35-43)51-37-45(44-28-33-55-49(36-44)48-23-13-14-24-54(48)61(55)46-21-11-4-12-22-46)29-34-57(51)62(56)47-30-25-41(26-31-47)53-38-52(40-17-7-2-8-18-40)59-58(60-53)42-19-9-3-10-20-42/h1-39H;1-38H. The Morgan fingerprint density at radius 3 is 0.669 bits per heavy atom. The molecule has 0 radical (unpaired) electrons. The Labute approximate surface area is 717 Å². The molecule has 6 heterocycles. The van der Waals surface area contributed by atoms with Crippen molar-refractivity contribution in [3.8, 4) is 135 Å². The van der Waals surface area contributed by atoms with Crippen molar-refractivity contribution in [2.45, 2.75) is 0 Å². The number of benzene rings is 18. The third-order valence-electron chi connectivity index (χ3n) is 24.5. The zero-order valence-electron chi connectivity index (χ0n) is 67.6. The van der Waals surface area contributed by atoms with Gasteiger partial charge in [0.15, 0.2) is 5.82 Å². The second kappa shape index (κ2) is 31.0. The number of aromatic nitrogens is 7. The quantitative estimate of drug-likeness (QED) is 0.109. The number of para-hydroxylation sites is 4. The van der Waals surface area contributed by atoms with E-state index in [0.717, 1.165) is 95.5 Å². The van der Waals surface area contributed by atoms with Gasteiger partial charge in [0.2, 0.25) is 0 Å². The molecule has 0 saturated carbocycles. The molecule has 0 N–H and O–H groups in total. The maximum Gasteiger partial charge on any atom is 0.160 e. The van der Waals surface area contributed by atoms with Crippen molar-refractivity contribution >= 4 is 87.2 Å². The van der Waals surface area contributed by atoms with Crippen LogP contribution in [0.2, 0.25) is 0 Å². The molecule has 0 unspecified atom stereocenters. The molecule has 0 bridgehead atoms. The minimum absolute atomic E-state index is 0.708. The molecule has 0 aliphatic carbocycles. The van der Waals surface area contributed by atoms with Crippen molar-refractivity contribution in [1.29, 1.82) is 0 Å². The highest BCUT2D eigenvalue weighted by atomic mass is 15.0. The van der Waals surface area contributed by atoms with E-state index in [0.29, 0.717) is 5.82 Å². The Hall–Kier alpha value is -16.6. The molecule has 0 fully saturated rings. The first-order valence-electron chi connectivity index (χ1n) is 42.3. The first-order valence-corrected chi connectivity index (χ1v) is 42.3. The smallest absolute Gasteiger partial charge is 0.160 e. The maximum atomic E-state index is 5.10. The number of hydrogen-bond acceptors (Lipinski definition) is 3. The third-order valence-corrected chi connectivity index (χ3v) is 24.5. The lowest BCUT2D eigenvalue weighted by Crippen LogP contribution is -1.97. The number of rotatable bonds is 14. The zero-order chi connectivity index (χ0) is 82.0. The summed E-state index contributed by atoms with van der Waals surface area (Å²) >= 11 is 0. The Morgan fingerprint density at radius 1 is 0.121 bits per heavy atom. The van der Waals surface area contributed by atoms with Crippen LogP contribution in [0, 0.1) is 0 Å². The normalized spacial score (nSPS) is 11.5. The molecule has 0 atom stereocenters. The van der Waals surface area contributed by atoms with Gasteiger partial charge in [0.1, 0.15) is 0 Å². The summed E-state index contributed by atoms with van der Waals surface area (Å²) in [5.41, 5.74) is 34.9. The number of hydrogen-bond donors (Lipinski definition) is 0. The van der Waals surface area contributed by atoms with Gasteiger partial charge >= 0.3 is 0 Å². The molecule has 7 heteroatoms. The topological polar surface area (TPSA) is 58.4 Å². The van der Waals surface area contributed by atoms with Crippen molar-refractivity contribution in [3.05, 3.63) is 467 Å². The lowest BCUT2D eigenvalue weighted by Gasteiger charge is -2.12. The summed E-state index contributed by atoms with van der Waals surface area (Å²) < 4.78 is 9.56. The Bertz CT molecular complexity index is 8030. The van der Waals surface area contributed by atoms with E-state index < -0.39 is 0 Å². The van der Waals surface area contributed by atoms with Crippen LogP contribution in [0.4, 0.5) is 0 Å². The summed E-state index contributed by atoms with van der Waals surface area (Å²) in [6.45, 7) is 0. The lowest BCUT2D eigenvalue weighted by atomic mass is 9.99. The van der Waals surface area contributed by atoms with E-state index in [-0.39, 0.29) is 0 Å². The van der Waals surface area contributed by atoms with Gasteiger partial charge in [0.25, 0.3) is 0 Å². The van der Waals surface area contributed by atoms with E-state index >= 15 is 0 Å². The summed E-state index contributed by atoms with van der Waals surface area (Å²) in [5.74, 6) is 0.708. The van der Waals surface area contributed by atoms with Crippen molar-refractivity contribution in [1.82, 2.24) is 33.2 Å². The van der Waals surface area contributed by atoms with Crippen molar-refractivity contribution in [2.24, 2.45) is 0 Å². The first-order chi connectivity index (χ1) is 61.5. The van der Waals surface area contributed by atoms with Gasteiger partial charge in [-0.15, -0.1) is 0 Å². The number of nitrogens with zero attached hydrogens (tertiary/aromatic N) is 7. The highest BCUT2D eigenvalue weighted by molar-refractivity contribution is 6.15. The second-order valence-electron chi connectivity index (χ2n) is 31.8. The molecule has 0 saturated heterocycles. The van der Waals surface area contributed by atoms with Gasteiger partial charge in [0.05, 0.1) is 66.9 Å². The Morgan fingerprint density at radius 2 is 0.331 bits per heavy atom. The summed E-state index contributed by atoms with van der Waals surface area (Å²) in [5, 5.41) is 9.87. The summed E-state index contributed by atoms with van der Waals surface area (Å²) in [4.78, 5) is 15.2. The predicted octanol–water partition coefficient (Wildman–Crippen LogP) is 30.6. The van der Waals surface area contributed by atoms with Gasteiger partial charge in [-0.25, -0.2) is 15.0 Å². The van der Waals surface area contributed by atoms with Crippen LogP contribution in [-0.2, 0) is 0 Å². The fourth-order valence-corrected chi connectivity index (χ4v) is 18.5. The molecule has 124 heavy (non-hydrogen) atoms. The summed E-state index contributed by atoms with van der Waals surface area (Å²) in [7, 11) is 0. The van der Waals surface area contributed by atoms with Crippen LogP contribution in [0.1, 0.15) is 0 Å². The van der Waals surface area contributed by atoms with Gasteiger partial charge in [0, 0.05) is 93.7 Å². The largest absolute Gasteiger partial charge is 0.309 e. The van der Waals surface area contributed by atoms with Crippen molar-refractivity contribution < 1.29 is 0 Å². The molecule has 0 amide bonds. The second-order valence-corrected chi connectivity index (χ2v) is 31.8. The van der Waals surface area contributed by atoms with Gasteiger partial charge < -0.3 is 18.3 Å². The maximum absolute atomic E-state index is 5.10. The van der Waals surface area contributed by atoms with Crippen LogP contribution >= 0.6 is 0 Å². The van der Waals surface area contributed by atoms with E-state index in [4.69, 9.17) is 15.0 Å². The van der Waals surface area contributed by atoms with Gasteiger partial charge in [-0.3, -0.25) is 0 Å². The van der Waals surface area contributed by atoms with Crippen LogP contribution in [0.25, 0.3) is 222 Å². The number of fused-ring (bicyclic) bond motifs is 12. The molecule has 6 aromatic heterocycles. The van der Waals surface area contributed by atoms with E-state index in [9.17, 15) is 0 Å². The summed E-state index contributed by atoms with van der Waals surface area (Å²) in [6, 6.07) is 167. The van der Waals surface area contributed by atoms with Gasteiger partial charge in [-0.2, -0.15) is 0 Å². The van der Waals surface area contributed by atoms with Crippen LogP contribution < -0.4 is 0 Å². The van der Waals surface area contributed by atoms with Crippen molar-refractivity contribution in [2.75, 3.05) is 0 Å².